The second kappa shape index (κ2) is 22.2. The van der Waals surface area contributed by atoms with E-state index >= 15 is 0 Å². The Kier molecular flexibility index (Phi) is 19.5. The summed E-state index contributed by atoms with van der Waals surface area (Å²) in [6.45, 7) is 21.0. The fourth-order valence-electron chi connectivity index (χ4n) is 9.61. The number of hydrogen-bond acceptors (Lipinski definition) is 15. The number of carbonyl (C=O) groups is 2. The Balaban J connectivity index is 2.17. The predicted molar refractivity (Wildman–Crippen MR) is 225 cm³/mol. The highest BCUT2D eigenvalue weighted by molar-refractivity contribution is 5.73. The molecule has 7 N–H and O–H groups in total. The highest BCUT2D eigenvalue weighted by Gasteiger charge is 2.53. The summed E-state index contributed by atoms with van der Waals surface area (Å²) in [7, 11) is 5.25. The summed E-state index contributed by atoms with van der Waals surface area (Å²) in [4.78, 5) is 30.5. The van der Waals surface area contributed by atoms with E-state index in [0.717, 1.165) is 0 Å². The van der Waals surface area contributed by atoms with E-state index in [2.05, 4.69) is 10.6 Å². The molecule has 3 rings (SSSR count). The third-order valence-electron chi connectivity index (χ3n) is 13.3. The van der Waals surface area contributed by atoms with Crippen molar-refractivity contribution in [1.29, 1.82) is 0 Å². The normalized spacial score (nSPS) is 44.4. The lowest BCUT2D eigenvalue weighted by Gasteiger charge is -2.48. The Bertz CT molecular complexity index is 1340. The van der Waals surface area contributed by atoms with Crippen molar-refractivity contribution in [3.8, 4) is 0 Å². The average molecular weight is 863 g/mol. The van der Waals surface area contributed by atoms with Crippen LogP contribution in [0.5, 0.6) is 0 Å². The molecule has 0 aromatic carbocycles. The molecule has 0 unspecified atom stereocenters. The van der Waals surface area contributed by atoms with Gasteiger partial charge in [0, 0.05) is 57.7 Å². The van der Waals surface area contributed by atoms with Crippen molar-refractivity contribution < 1.29 is 63.5 Å². The van der Waals surface area contributed by atoms with Gasteiger partial charge in [0.2, 0.25) is 0 Å². The van der Waals surface area contributed by atoms with E-state index in [-0.39, 0.29) is 43.4 Å². The first kappa shape index (κ1) is 52.6. The Morgan fingerprint density at radius 1 is 0.950 bits per heavy atom. The number of methoxy groups -OCH3 is 1. The molecular formula is C43H82N4O13. The van der Waals surface area contributed by atoms with Crippen LogP contribution in [0.2, 0.25) is 0 Å². The van der Waals surface area contributed by atoms with Crippen molar-refractivity contribution in [2.24, 2.45) is 17.8 Å². The lowest BCUT2D eigenvalue weighted by atomic mass is 9.77. The lowest BCUT2D eigenvalue weighted by Crippen LogP contribution is -2.60. The smallest absolute Gasteiger partial charge is 0.314 e. The Labute approximate surface area is 359 Å². The molecule has 60 heavy (non-hydrogen) atoms. The summed E-state index contributed by atoms with van der Waals surface area (Å²) in [6, 6.07) is -1.24. The molecule has 0 radical (unpaired) electrons. The minimum atomic E-state index is -1.89. The van der Waals surface area contributed by atoms with E-state index in [9.17, 15) is 35.1 Å². The van der Waals surface area contributed by atoms with E-state index in [1.165, 1.54) is 14.0 Å². The van der Waals surface area contributed by atoms with Gasteiger partial charge in [-0.1, -0.05) is 20.8 Å². The zero-order valence-electron chi connectivity index (χ0n) is 38.9. The molecule has 18 atom stereocenters. The van der Waals surface area contributed by atoms with Crippen LogP contribution in [0, 0.1) is 17.8 Å². The highest BCUT2D eigenvalue weighted by Crippen LogP contribution is 2.40. The maximum Gasteiger partial charge on any atom is 0.314 e. The summed E-state index contributed by atoms with van der Waals surface area (Å²) >= 11 is 0. The van der Waals surface area contributed by atoms with Crippen LogP contribution in [-0.2, 0) is 33.2 Å². The Hall–Kier alpha value is -1.74. The topological polar surface area (TPSA) is 221 Å². The van der Waals surface area contributed by atoms with Crippen molar-refractivity contribution in [1.82, 2.24) is 20.4 Å². The first-order chi connectivity index (χ1) is 27.8. The number of hydrogen-bond donors (Lipinski definition) is 7. The van der Waals surface area contributed by atoms with Crippen LogP contribution >= 0.6 is 0 Å². The van der Waals surface area contributed by atoms with Gasteiger partial charge in [-0.3, -0.25) is 9.69 Å². The SMILES string of the molecule is CCNC(=O)NCCCN1C[C@H](C)C[C@@](C)(O)[C@H](O[C@@H]2O[C@H](C)C[C@H](N(C)C)[C@H]2O)[C@@H](C)[C@H](O[C@H]2C[C@@](C)(OC)[C@@H](O)[C@H](C)O2)[C@@H](C)C(=O)O[C@H](CC)[C@@](C)(O)[C@H](O)[C@H]1C. The second-order valence-corrected chi connectivity index (χ2v) is 18.9. The monoisotopic (exact) mass is 863 g/mol. The van der Waals surface area contributed by atoms with Gasteiger partial charge in [-0.25, -0.2) is 4.79 Å². The fraction of sp³-hybridized carbons (Fsp3) is 0.953. The number of carbonyl (C=O) groups excluding carboxylic acids is 2. The summed E-state index contributed by atoms with van der Waals surface area (Å²) in [5.74, 6) is -2.81. The van der Waals surface area contributed by atoms with E-state index in [4.69, 9.17) is 28.4 Å². The molecule has 3 saturated heterocycles. The van der Waals surface area contributed by atoms with Crippen molar-refractivity contribution in [2.45, 2.75) is 199 Å². The number of aliphatic hydroxyl groups excluding tert-OH is 3. The first-order valence-corrected chi connectivity index (χ1v) is 22.1. The van der Waals surface area contributed by atoms with Gasteiger partial charge in [0.05, 0.1) is 41.5 Å². The van der Waals surface area contributed by atoms with Gasteiger partial charge in [-0.05, 0) is 101 Å². The molecule has 0 spiro atoms. The zero-order chi connectivity index (χ0) is 45.5. The maximum absolute atomic E-state index is 14.4. The number of esters is 1. The zero-order valence-corrected chi connectivity index (χ0v) is 38.9. The Morgan fingerprint density at radius 2 is 1.60 bits per heavy atom. The molecule has 17 heteroatoms. The molecule has 0 saturated carbocycles. The van der Waals surface area contributed by atoms with E-state index in [1.54, 1.807) is 41.5 Å². The van der Waals surface area contributed by atoms with Crippen molar-refractivity contribution in [3.63, 3.8) is 0 Å². The molecular weight excluding hydrogens is 780 g/mol. The summed E-state index contributed by atoms with van der Waals surface area (Å²) in [5.41, 5.74) is -4.58. The van der Waals surface area contributed by atoms with Gasteiger partial charge in [0.25, 0.3) is 0 Å². The van der Waals surface area contributed by atoms with E-state index in [1.807, 2.05) is 51.6 Å². The summed E-state index contributed by atoms with van der Waals surface area (Å²) < 4.78 is 37.9. The molecule has 17 nitrogen and oxygen atoms in total. The third-order valence-corrected chi connectivity index (χ3v) is 13.3. The van der Waals surface area contributed by atoms with Crippen LogP contribution < -0.4 is 10.6 Å². The molecule has 3 aliphatic rings. The van der Waals surface area contributed by atoms with E-state index < -0.39 is 96.0 Å². The largest absolute Gasteiger partial charge is 0.459 e. The predicted octanol–water partition coefficient (Wildman–Crippen LogP) is 1.98. The summed E-state index contributed by atoms with van der Waals surface area (Å²) in [6.07, 6.45) is -8.32. The van der Waals surface area contributed by atoms with Crippen LogP contribution in [0.1, 0.15) is 108 Å². The van der Waals surface area contributed by atoms with Gasteiger partial charge in [0.1, 0.15) is 30.0 Å². The number of nitrogens with zero attached hydrogens (tertiary/aromatic N) is 2. The lowest BCUT2D eigenvalue weighted by molar-refractivity contribution is -0.318. The standard InChI is InChI=1S/C43H82N4O13/c1-15-31-43(11,54)35(49)28(7)47(19-17-18-45-40(52)44-16-2)23-24(3)21-41(9,53)37(60-39-33(48)30(46(12)13)20-25(4)56-39)26(5)34(27(6)38(51)58-31)59-32-22-42(10,55-14)36(50)29(8)57-32/h24-37,39,48-50,53-54H,15-23H2,1-14H3,(H2,44,45,52)/t24-,25-,26+,27-,28-,29+,30+,31-,32+,33-,34+,35-,36+,37-,39+,41-,42-,43-/m1/s1. The second-order valence-electron chi connectivity index (χ2n) is 18.9. The van der Waals surface area contributed by atoms with Gasteiger partial charge in [0.15, 0.2) is 12.6 Å². The van der Waals surface area contributed by atoms with Gasteiger partial charge < -0.3 is 69.5 Å². The number of urea groups is 1. The average Bonchev–Trinajstić information content (AvgIpc) is 3.17. The maximum atomic E-state index is 14.4. The van der Waals surface area contributed by atoms with Crippen molar-refractivity contribution in [2.75, 3.05) is 47.4 Å². The molecule has 0 aliphatic carbocycles. The number of cyclic esters (lactones) is 1. The van der Waals surface area contributed by atoms with E-state index in [0.29, 0.717) is 39.0 Å². The molecule has 0 aromatic heterocycles. The van der Waals surface area contributed by atoms with Gasteiger partial charge in [-0.15, -0.1) is 0 Å². The molecule has 3 heterocycles. The third kappa shape index (κ3) is 12.9. The molecule has 3 fully saturated rings. The van der Waals surface area contributed by atoms with Crippen LogP contribution in [0.25, 0.3) is 0 Å². The highest BCUT2D eigenvalue weighted by atomic mass is 16.7. The number of amides is 2. The number of nitrogens with one attached hydrogen (secondary N) is 2. The summed E-state index contributed by atoms with van der Waals surface area (Å²) in [5, 5.41) is 65.0. The van der Waals surface area contributed by atoms with Crippen molar-refractivity contribution >= 4 is 12.0 Å². The van der Waals surface area contributed by atoms with Crippen LogP contribution in [0.3, 0.4) is 0 Å². The molecule has 0 bridgehead atoms. The number of rotatable bonds is 12. The van der Waals surface area contributed by atoms with Crippen LogP contribution in [0.15, 0.2) is 0 Å². The minimum Gasteiger partial charge on any atom is -0.459 e. The minimum absolute atomic E-state index is 0.108. The molecule has 3 aliphatic heterocycles. The molecule has 0 aromatic rings. The quantitative estimate of drug-likeness (QED) is 0.110. The van der Waals surface area contributed by atoms with Crippen LogP contribution in [0.4, 0.5) is 4.79 Å². The number of ether oxygens (including phenoxy) is 6. The van der Waals surface area contributed by atoms with Crippen LogP contribution in [-0.4, -0.2) is 185 Å². The number of likely N-dealkylation sites (N-methyl/N-ethyl adjacent to an activating group) is 1. The van der Waals surface area contributed by atoms with Gasteiger partial charge in [-0.2, -0.15) is 0 Å². The number of aliphatic hydroxyl groups is 5. The van der Waals surface area contributed by atoms with Crippen molar-refractivity contribution in [3.05, 3.63) is 0 Å². The fourth-order valence-corrected chi connectivity index (χ4v) is 9.61. The first-order valence-electron chi connectivity index (χ1n) is 22.1. The van der Waals surface area contributed by atoms with Gasteiger partial charge >= 0.3 is 12.0 Å². The molecule has 2 amide bonds. The Morgan fingerprint density at radius 3 is 2.18 bits per heavy atom. The molecule has 352 valence electrons.